The molecule has 4 N–H and O–H groups in total. The molecule has 15 nitrogen and oxygen atoms in total. The number of esters is 2. The minimum absolute atomic E-state index is 0.125. The number of hydrogen-bond acceptors (Lipinski definition) is 10. The Morgan fingerprint density at radius 3 is 1.84 bits per heavy atom. The molecule has 1 heterocycles. The number of rotatable bonds is 15. The molecule has 0 saturated heterocycles. The minimum Gasteiger partial charge on any atom is -0.460 e. The highest BCUT2D eigenvalue weighted by Gasteiger charge is 2.35. The number of amides is 4. The van der Waals surface area contributed by atoms with Gasteiger partial charge >= 0.3 is 18.0 Å². The van der Waals surface area contributed by atoms with Gasteiger partial charge in [0.15, 0.2) is 0 Å². The number of para-hydroxylation sites is 1. The predicted octanol–water partition coefficient (Wildman–Crippen LogP) is 8.69. The number of benzene rings is 4. The zero-order valence-electron chi connectivity index (χ0n) is 39.0. The number of nitrogens with zero attached hydrogens (tertiary/aromatic N) is 1. The van der Waals surface area contributed by atoms with Gasteiger partial charge in [0.25, 0.3) is 5.91 Å². The first-order valence-electron chi connectivity index (χ1n) is 21.7. The quantitative estimate of drug-likeness (QED) is 0.0581. The van der Waals surface area contributed by atoms with Crippen LogP contribution in [0, 0.1) is 0 Å². The first-order chi connectivity index (χ1) is 31.2. The lowest BCUT2D eigenvalue weighted by atomic mass is 10.0. The first kappa shape index (κ1) is 51.5. The van der Waals surface area contributed by atoms with E-state index in [2.05, 4.69) is 21.3 Å². The second kappa shape index (κ2) is 21.5. The Morgan fingerprint density at radius 1 is 0.582 bits per heavy atom. The molecule has 1 aromatic heterocycles. The molecule has 0 spiro atoms. The van der Waals surface area contributed by atoms with Crippen molar-refractivity contribution in [2.24, 2.45) is 0 Å². The second-order valence-electron chi connectivity index (χ2n) is 19.0. The van der Waals surface area contributed by atoms with Crippen LogP contribution in [0.2, 0.25) is 10.0 Å². The first-order valence-corrected chi connectivity index (χ1v) is 22.4. The van der Waals surface area contributed by atoms with Crippen molar-refractivity contribution in [3.8, 4) is 0 Å². The van der Waals surface area contributed by atoms with Crippen molar-refractivity contribution in [2.75, 3.05) is 5.32 Å². The summed E-state index contributed by atoms with van der Waals surface area (Å²) >= 11 is 12.6. The predicted molar refractivity (Wildman–Crippen MR) is 257 cm³/mol. The van der Waals surface area contributed by atoms with Crippen LogP contribution in [0.5, 0.6) is 0 Å². The summed E-state index contributed by atoms with van der Waals surface area (Å²) in [6.07, 6.45) is -2.24. The summed E-state index contributed by atoms with van der Waals surface area (Å²) in [5.41, 5.74) is -1.79. The topological polar surface area (TPSA) is 200 Å². The summed E-state index contributed by atoms with van der Waals surface area (Å²) in [5, 5.41) is 13.4. The van der Waals surface area contributed by atoms with Crippen LogP contribution < -0.4 is 21.3 Å². The highest BCUT2D eigenvalue weighted by Crippen LogP contribution is 2.26. The smallest absolute Gasteiger partial charge is 0.419 e. The summed E-state index contributed by atoms with van der Waals surface area (Å²) in [5.74, 6) is -5.01. The number of carbonyl (C=O) groups excluding carboxylic acids is 7. The molecule has 0 radical (unpaired) electrons. The molecule has 17 heteroatoms. The molecule has 0 unspecified atom stereocenters. The molecule has 0 saturated carbocycles. The van der Waals surface area contributed by atoms with Crippen molar-refractivity contribution in [1.82, 2.24) is 20.5 Å². The number of hydrogen-bond donors (Lipinski definition) is 4. The summed E-state index contributed by atoms with van der Waals surface area (Å²) in [6, 6.07) is 21.0. The van der Waals surface area contributed by atoms with Crippen molar-refractivity contribution >= 4 is 92.2 Å². The fourth-order valence-corrected chi connectivity index (χ4v) is 7.27. The van der Waals surface area contributed by atoms with Gasteiger partial charge in [-0.05, 0) is 121 Å². The van der Waals surface area contributed by atoms with Gasteiger partial charge in [-0.15, -0.1) is 0 Å². The molecule has 356 valence electrons. The van der Waals surface area contributed by atoms with Crippen LogP contribution in [0.15, 0.2) is 91.0 Å². The van der Waals surface area contributed by atoms with Gasteiger partial charge in [0, 0.05) is 23.3 Å². The van der Waals surface area contributed by atoms with E-state index in [0.717, 1.165) is 15.3 Å². The molecular weight excluding hydrogens is 901 g/mol. The Kier molecular flexibility index (Phi) is 16.5. The summed E-state index contributed by atoms with van der Waals surface area (Å²) in [6.45, 7) is 15.0. The normalized spacial score (nSPS) is 13.2. The fourth-order valence-electron chi connectivity index (χ4n) is 6.91. The molecule has 67 heavy (non-hydrogen) atoms. The molecule has 4 amide bonds. The molecule has 0 aliphatic rings. The Hall–Kier alpha value is -6.45. The monoisotopic (exact) mass is 957 g/mol. The molecule has 0 aliphatic carbocycles. The number of carbonyl (C=O) groups is 7. The maximum absolute atomic E-state index is 14.7. The van der Waals surface area contributed by atoms with E-state index in [1.54, 1.807) is 111 Å². The maximum atomic E-state index is 14.7. The van der Waals surface area contributed by atoms with Gasteiger partial charge in [0.2, 0.25) is 17.7 Å². The van der Waals surface area contributed by atoms with Crippen LogP contribution in [0.3, 0.4) is 0 Å². The van der Waals surface area contributed by atoms with Crippen LogP contribution in [-0.2, 0) is 44.6 Å². The molecule has 0 bridgehead atoms. The van der Waals surface area contributed by atoms with Crippen LogP contribution in [0.1, 0.15) is 97.6 Å². The Labute approximate surface area is 399 Å². The lowest BCUT2D eigenvalue weighted by Gasteiger charge is -2.27. The lowest BCUT2D eigenvalue weighted by Crippen LogP contribution is -2.57. The highest BCUT2D eigenvalue weighted by molar-refractivity contribution is 6.33. The van der Waals surface area contributed by atoms with E-state index in [1.165, 1.54) is 6.07 Å². The number of halogens is 2. The summed E-state index contributed by atoms with van der Waals surface area (Å²) < 4.78 is 17.7. The largest absolute Gasteiger partial charge is 0.460 e. The summed E-state index contributed by atoms with van der Waals surface area (Å²) in [4.78, 5) is 97.4. The van der Waals surface area contributed by atoms with Crippen molar-refractivity contribution in [3.05, 3.63) is 112 Å². The van der Waals surface area contributed by atoms with Gasteiger partial charge in [0.1, 0.15) is 40.6 Å². The molecule has 0 aliphatic heterocycles. The SMILES string of the molecule is CC(C)(C)OC(=O)CC[C@H](NC(=O)[C@H](CC(=O)OC(C)(C)C)NC(=O)[C@H](Cc1ccc2ccccc2c1)NC(=O)c1cc2cc(Cl)ccc2n1C(=O)OC(C)(C)C)C(=O)Nc1ccccc1Cl. The van der Waals surface area contributed by atoms with Crippen molar-refractivity contribution in [2.45, 2.75) is 123 Å². The molecule has 4 aromatic carbocycles. The highest BCUT2D eigenvalue weighted by atomic mass is 35.5. The van der Waals surface area contributed by atoms with Gasteiger partial charge in [-0.2, -0.15) is 0 Å². The summed E-state index contributed by atoms with van der Waals surface area (Å²) in [7, 11) is 0. The Morgan fingerprint density at radius 2 is 1.18 bits per heavy atom. The third-order valence-electron chi connectivity index (χ3n) is 9.69. The van der Waals surface area contributed by atoms with Crippen molar-refractivity contribution in [1.29, 1.82) is 0 Å². The van der Waals surface area contributed by atoms with Crippen LogP contribution in [-0.4, -0.2) is 81.2 Å². The van der Waals surface area contributed by atoms with E-state index < -0.39 is 83.0 Å². The van der Waals surface area contributed by atoms with Gasteiger partial charge in [-0.25, -0.2) is 9.36 Å². The lowest BCUT2D eigenvalue weighted by molar-refractivity contribution is -0.156. The molecule has 3 atom stereocenters. The molecule has 0 fully saturated rings. The van der Waals surface area contributed by atoms with E-state index in [-0.39, 0.29) is 35.7 Å². The van der Waals surface area contributed by atoms with Gasteiger partial charge < -0.3 is 35.5 Å². The maximum Gasteiger partial charge on any atom is 0.419 e. The van der Waals surface area contributed by atoms with E-state index in [1.807, 2.05) is 36.4 Å². The third-order valence-corrected chi connectivity index (χ3v) is 10.3. The van der Waals surface area contributed by atoms with Crippen LogP contribution >= 0.6 is 23.2 Å². The Balaban J connectivity index is 1.52. The standard InChI is InChI=1S/C50H57Cl2N5O10/c1-48(2,3)65-41(58)23-21-36(43(60)53-35-17-13-12-16-34(35)52)54-45(62)38(28-42(59)66-49(4,5)6)55-44(61)37(25-29-18-19-30-14-10-11-15-31(30)24-29)56-46(63)40-27-32-26-33(51)20-22-39(32)57(40)47(64)67-50(7,8)9/h10-20,22,24,26-27,36-38H,21,23,25,28H2,1-9H3,(H,53,60)(H,54,62)(H,55,61)(H,56,63)/t36-,37-,38-/m0/s1. The van der Waals surface area contributed by atoms with E-state index in [9.17, 15) is 33.6 Å². The van der Waals surface area contributed by atoms with Gasteiger partial charge in [-0.1, -0.05) is 77.8 Å². The zero-order chi connectivity index (χ0) is 49.4. The molecule has 5 rings (SSSR count). The van der Waals surface area contributed by atoms with Crippen LogP contribution in [0.4, 0.5) is 10.5 Å². The molecular formula is C50H57Cl2N5O10. The number of fused-ring (bicyclic) bond motifs is 2. The van der Waals surface area contributed by atoms with Gasteiger partial charge in [0.05, 0.1) is 22.6 Å². The third kappa shape index (κ3) is 15.3. The minimum atomic E-state index is -1.69. The average molecular weight is 959 g/mol. The van der Waals surface area contributed by atoms with Crippen molar-refractivity contribution in [3.63, 3.8) is 0 Å². The fraction of sp³-hybridized carbons (Fsp3) is 0.380. The Bertz CT molecular complexity index is 2680. The molecule has 5 aromatic rings. The average Bonchev–Trinajstić information content (AvgIpc) is 3.59. The van der Waals surface area contributed by atoms with E-state index >= 15 is 0 Å². The number of anilines is 1. The van der Waals surface area contributed by atoms with Crippen molar-refractivity contribution < 1.29 is 47.8 Å². The van der Waals surface area contributed by atoms with E-state index in [0.29, 0.717) is 21.5 Å². The van der Waals surface area contributed by atoms with Gasteiger partial charge in [-0.3, -0.25) is 28.8 Å². The number of aromatic nitrogens is 1. The van der Waals surface area contributed by atoms with E-state index in [4.69, 9.17) is 37.4 Å². The number of nitrogens with one attached hydrogen (secondary N) is 4. The zero-order valence-corrected chi connectivity index (χ0v) is 40.5. The number of ether oxygens (including phenoxy) is 3. The second-order valence-corrected chi connectivity index (χ2v) is 19.8. The van der Waals surface area contributed by atoms with Crippen LogP contribution in [0.25, 0.3) is 21.7 Å².